The van der Waals surface area contributed by atoms with Gasteiger partial charge >= 0.3 is 0 Å². The van der Waals surface area contributed by atoms with Crippen LogP contribution in [0.5, 0.6) is 0 Å². The van der Waals surface area contributed by atoms with Crippen molar-refractivity contribution in [3.8, 4) is 0 Å². The van der Waals surface area contributed by atoms with Crippen molar-refractivity contribution in [2.75, 3.05) is 13.1 Å². The Morgan fingerprint density at radius 1 is 1.47 bits per heavy atom. The van der Waals surface area contributed by atoms with Gasteiger partial charge in [0.15, 0.2) is 0 Å². The minimum Gasteiger partial charge on any atom is -0.345 e. The zero-order valence-corrected chi connectivity index (χ0v) is 9.72. The number of carbonyl (C=O) groups is 2. The summed E-state index contributed by atoms with van der Waals surface area (Å²) in [4.78, 5) is 28.9. The molecule has 0 saturated carbocycles. The minimum absolute atomic E-state index is 0.0342. The summed E-state index contributed by atoms with van der Waals surface area (Å²) < 4.78 is 0. The van der Waals surface area contributed by atoms with E-state index >= 15 is 0 Å². The van der Waals surface area contributed by atoms with E-state index in [1.807, 2.05) is 18.2 Å². The van der Waals surface area contributed by atoms with Crippen LogP contribution in [0.1, 0.15) is 12.6 Å². The highest BCUT2D eigenvalue weighted by Gasteiger charge is 2.30. The van der Waals surface area contributed by atoms with Crippen molar-refractivity contribution in [2.24, 2.45) is 0 Å². The molecule has 1 saturated heterocycles. The Morgan fingerprint density at radius 2 is 2.29 bits per heavy atom. The molecule has 1 aliphatic rings. The van der Waals surface area contributed by atoms with Crippen molar-refractivity contribution >= 4 is 11.8 Å². The molecule has 1 aromatic heterocycles. The molecule has 2 rings (SSSR count). The van der Waals surface area contributed by atoms with E-state index < -0.39 is 0 Å². The van der Waals surface area contributed by atoms with Gasteiger partial charge in [0.05, 0.1) is 6.54 Å². The second kappa shape index (κ2) is 4.95. The average Bonchev–Trinajstić information content (AvgIpc) is 2.35. The summed E-state index contributed by atoms with van der Waals surface area (Å²) in [6, 6.07) is 5.29. The molecule has 1 fully saturated rings. The van der Waals surface area contributed by atoms with Crippen molar-refractivity contribution in [1.29, 1.82) is 0 Å². The zero-order chi connectivity index (χ0) is 12.3. The number of nitrogens with zero attached hydrogens (tertiary/aromatic N) is 2. The van der Waals surface area contributed by atoms with Gasteiger partial charge in [-0.1, -0.05) is 6.07 Å². The van der Waals surface area contributed by atoms with Crippen molar-refractivity contribution in [3.63, 3.8) is 0 Å². The molecule has 0 bridgehead atoms. The Morgan fingerprint density at radius 3 is 3.00 bits per heavy atom. The number of rotatable bonds is 3. The van der Waals surface area contributed by atoms with Crippen LogP contribution in [0.25, 0.3) is 0 Å². The Bertz CT molecular complexity index is 419. The zero-order valence-electron chi connectivity index (χ0n) is 9.72. The Labute approximate surface area is 99.8 Å². The third-order valence-corrected chi connectivity index (χ3v) is 2.92. The lowest BCUT2D eigenvalue weighted by Gasteiger charge is -2.32. The van der Waals surface area contributed by atoms with Crippen molar-refractivity contribution in [1.82, 2.24) is 15.2 Å². The first-order valence-electron chi connectivity index (χ1n) is 5.65. The summed E-state index contributed by atoms with van der Waals surface area (Å²) in [5.41, 5.74) is 0.929. The Balaban J connectivity index is 1.98. The predicted molar refractivity (Wildman–Crippen MR) is 62.1 cm³/mol. The lowest BCUT2D eigenvalue weighted by atomic mass is 10.1. The first-order chi connectivity index (χ1) is 8.18. The first-order valence-corrected chi connectivity index (χ1v) is 5.65. The molecule has 2 heterocycles. The second-order valence-electron chi connectivity index (χ2n) is 4.05. The van der Waals surface area contributed by atoms with Gasteiger partial charge in [0.2, 0.25) is 11.8 Å². The molecule has 0 aliphatic carbocycles. The molecular weight excluding hydrogens is 218 g/mol. The van der Waals surface area contributed by atoms with Crippen LogP contribution in [0.2, 0.25) is 0 Å². The summed E-state index contributed by atoms with van der Waals surface area (Å²) in [5, 5.41) is 2.56. The number of carbonyl (C=O) groups excluding carboxylic acids is 2. The molecule has 1 N–H and O–H groups in total. The third-order valence-electron chi connectivity index (χ3n) is 2.92. The SMILES string of the molecule is CC1C(=O)NCC(=O)N1CCc1ccccn1. The van der Waals surface area contributed by atoms with Crippen molar-refractivity contribution in [2.45, 2.75) is 19.4 Å². The maximum absolute atomic E-state index is 11.7. The second-order valence-corrected chi connectivity index (χ2v) is 4.05. The smallest absolute Gasteiger partial charge is 0.242 e. The van der Waals surface area contributed by atoms with Crippen LogP contribution >= 0.6 is 0 Å². The molecule has 1 atom stereocenters. The van der Waals surface area contributed by atoms with Gasteiger partial charge in [-0.2, -0.15) is 0 Å². The first kappa shape index (κ1) is 11.6. The highest BCUT2D eigenvalue weighted by molar-refractivity contribution is 5.94. The van der Waals surface area contributed by atoms with E-state index in [9.17, 15) is 9.59 Å². The topological polar surface area (TPSA) is 62.3 Å². The fourth-order valence-electron chi connectivity index (χ4n) is 1.87. The van der Waals surface area contributed by atoms with Crippen LogP contribution in [0.15, 0.2) is 24.4 Å². The lowest BCUT2D eigenvalue weighted by molar-refractivity contribution is -0.144. The summed E-state index contributed by atoms with van der Waals surface area (Å²) in [6.07, 6.45) is 2.40. The van der Waals surface area contributed by atoms with Gasteiger partial charge in [0, 0.05) is 24.9 Å². The molecule has 0 aromatic carbocycles. The van der Waals surface area contributed by atoms with Crippen LogP contribution < -0.4 is 5.32 Å². The van der Waals surface area contributed by atoms with E-state index in [4.69, 9.17) is 0 Å². The fourth-order valence-corrected chi connectivity index (χ4v) is 1.87. The molecule has 90 valence electrons. The fraction of sp³-hybridized carbons (Fsp3) is 0.417. The number of amides is 2. The number of hydrogen-bond donors (Lipinski definition) is 1. The molecule has 1 aliphatic heterocycles. The molecule has 17 heavy (non-hydrogen) atoms. The highest BCUT2D eigenvalue weighted by Crippen LogP contribution is 2.07. The molecule has 0 radical (unpaired) electrons. The van der Waals surface area contributed by atoms with Gasteiger partial charge in [-0.3, -0.25) is 14.6 Å². The monoisotopic (exact) mass is 233 g/mol. The molecular formula is C12H15N3O2. The molecule has 5 nitrogen and oxygen atoms in total. The maximum Gasteiger partial charge on any atom is 0.242 e. The quantitative estimate of drug-likeness (QED) is 0.797. The third kappa shape index (κ3) is 2.61. The molecule has 5 heteroatoms. The predicted octanol–water partition coefficient (Wildman–Crippen LogP) is -0.0290. The summed E-state index contributed by atoms with van der Waals surface area (Å²) in [6.45, 7) is 2.38. The molecule has 0 spiro atoms. The van der Waals surface area contributed by atoms with Gasteiger partial charge in [-0.15, -0.1) is 0 Å². The van der Waals surface area contributed by atoms with E-state index in [0.29, 0.717) is 13.0 Å². The van der Waals surface area contributed by atoms with Crippen LogP contribution in [0.3, 0.4) is 0 Å². The number of hydrogen-bond acceptors (Lipinski definition) is 3. The van der Waals surface area contributed by atoms with Gasteiger partial charge in [0.25, 0.3) is 0 Å². The molecule has 2 amide bonds. The standard InChI is InChI=1S/C12H15N3O2/c1-9-12(17)14-8-11(16)15(9)7-5-10-4-2-3-6-13-10/h2-4,6,9H,5,7-8H2,1H3,(H,14,17). The van der Waals surface area contributed by atoms with E-state index in [1.165, 1.54) is 0 Å². The van der Waals surface area contributed by atoms with Gasteiger partial charge in [-0.05, 0) is 19.1 Å². The molecule has 1 unspecified atom stereocenters. The molecule has 1 aromatic rings. The lowest BCUT2D eigenvalue weighted by Crippen LogP contribution is -2.57. The van der Waals surface area contributed by atoms with Crippen LogP contribution in [-0.4, -0.2) is 40.8 Å². The summed E-state index contributed by atoms with van der Waals surface area (Å²) >= 11 is 0. The highest BCUT2D eigenvalue weighted by atomic mass is 16.2. The number of aromatic nitrogens is 1. The van der Waals surface area contributed by atoms with Crippen molar-refractivity contribution < 1.29 is 9.59 Å². The summed E-state index contributed by atoms with van der Waals surface area (Å²) in [5.74, 6) is -0.126. The average molecular weight is 233 g/mol. The number of pyridine rings is 1. The van der Waals surface area contributed by atoms with E-state index in [-0.39, 0.29) is 24.4 Å². The summed E-state index contributed by atoms with van der Waals surface area (Å²) in [7, 11) is 0. The van der Waals surface area contributed by atoms with E-state index in [0.717, 1.165) is 5.69 Å². The van der Waals surface area contributed by atoms with Gasteiger partial charge in [-0.25, -0.2) is 0 Å². The Kier molecular flexibility index (Phi) is 3.37. The Hall–Kier alpha value is -1.91. The van der Waals surface area contributed by atoms with Crippen molar-refractivity contribution in [3.05, 3.63) is 30.1 Å². The van der Waals surface area contributed by atoms with E-state index in [1.54, 1.807) is 18.0 Å². The largest absolute Gasteiger partial charge is 0.345 e. The number of piperazine rings is 1. The van der Waals surface area contributed by atoms with E-state index in [2.05, 4.69) is 10.3 Å². The van der Waals surface area contributed by atoms with Crippen LogP contribution in [0, 0.1) is 0 Å². The normalized spacial score (nSPS) is 20.3. The van der Waals surface area contributed by atoms with Gasteiger partial charge < -0.3 is 10.2 Å². The minimum atomic E-state index is -0.389. The van der Waals surface area contributed by atoms with Gasteiger partial charge in [0.1, 0.15) is 6.04 Å². The van der Waals surface area contributed by atoms with Crippen LogP contribution in [0.4, 0.5) is 0 Å². The number of nitrogens with one attached hydrogen (secondary N) is 1. The van der Waals surface area contributed by atoms with Crippen LogP contribution in [-0.2, 0) is 16.0 Å². The maximum atomic E-state index is 11.7.